The first-order chi connectivity index (χ1) is 23.8. The van der Waals surface area contributed by atoms with Gasteiger partial charge in [-0.3, -0.25) is 14.0 Å². The van der Waals surface area contributed by atoms with Crippen LogP contribution in [-0.2, 0) is 23.6 Å². The van der Waals surface area contributed by atoms with Gasteiger partial charge in [-0.1, -0.05) is 29.8 Å². The second kappa shape index (κ2) is 15.2. The van der Waals surface area contributed by atoms with E-state index in [1.165, 1.54) is 29.7 Å². The first-order valence-electron chi connectivity index (χ1n) is 15.9. The molecule has 0 aliphatic carbocycles. The maximum absolute atomic E-state index is 13.6. The van der Waals surface area contributed by atoms with Gasteiger partial charge in [-0.25, -0.2) is 13.4 Å². The van der Waals surface area contributed by atoms with Crippen LogP contribution in [0, 0.1) is 6.92 Å². The number of amides is 1. The number of sulfonamides is 1. The molecule has 0 unspecified atom stereocenters. The molecule has 270 valence electrons. The molecule has 10 nitrogen and oxygen atoms in total. The van der Waals surface area contributed by atoms with Gasteiger partial charge in [-0.2, -0.15) is 13.2 Å². The lowest BCUT2D eigenvalue weighted by Crippen LogP contribution is -2.48. The highest BCUT2D eigenvalue weighted by Crippen LogP contribution is 2.29. The summed E-state index contributed by atoms with van der Waals surface area (Å²) >= 11 is 0. The summed E-state index contributed by atoms with van der Waals surface area (Å²) in [7, 11) is -0.458. The van der Waals surface area contributed by atoms with Crippen molar-refractivity contribution in [2.24, 2.45) is 7.05 Å². The van der Waals surface area contributed by atoms with Crippen molar-refractivity contribution < 1.29 is 35.9 Å². The Bertz CT molecular complexity index is 2080. The highest BCUT2D eigenvalue weighted by Gasteiger charge is 2.29. The van der Waals surface area contributed by atoms with E-state index in [0.717, 1.165) is 22.0 Å². The number of pyridine rings is 1. The zero-order chi connectivity index (χ0) is 35.6. The minimum absolute atomic E-state index is 0. The van der Waals surface area contributed by atoms with Crippen molar-refractivity contribution in [3.05, 3.63) is 108 Å². The van der Waals surface area contributed by atoms with Crippen LogP contribution in [0.3, 0.4) is 0 Å². The number of nitrogens with zero attached hydrogens (tertiary/aromatic N) is 5. The number of benzene rings is 3. The summed E-state index contributed by atoms with van der Waals surface area (Å²) in [5.74, 6) is 0.868. The quantitative estimate of drug-likeness (QED) is 0.155. The van der Waals surface area contributed by atoms with E-state index < -0.39 is 22.8 Å². The molecule has 15 heteroatoms. The molecule has 0 bridgehead atoms. The van der Waals surface area contributed by atoms with Crippen molar-refractivity contribution in [1.82, 2.24) is 19.4 Å². The molecule has 0 saturated carbocycles. The van der Waals surface area contributed by atoms with Crippen molar-refractivity contribution >= 4 is 44.9 Å². The van der Waals surface area contributed by atoms with E-state index in [0.29, 0.717) is 49.9 Å². The summed E-state index contributed by atoms with van der Waals surface area (Å²) in [6.45, 7) is 3.54. The zero-order valence-corrected chi connectivity index (χ0v) is 29.8. The Labute approximate surface area is 300 Å². The van der Waals surface area contributed by atoms with Gasteiger partial charge in [0.25, 0.3) is 15.9 Å². The van der Waals surface area contributed by atoms with Crippen molar-refractivity contribution in [1.29, 1.82) is 0 Å². The van der Waals surface area contributed by atoms with Gasteiger partial charge >= 0.3 is 6.18 Å². The predicted molar refractivity (Wildman–Crippen MR) is 190 cm³/mol. The Morgan fingerprint density at radius 2 is 1.57 bits per heavy atom. The number of hydrogen-bond acceptors (Lipinski definition) is 7. The Hall–Kier alpha value is -4.79. The van der Waals surface area contributed by atoms with Crippen LogP contribution in [0.25, 0.3) is 10.9 Å². The highest BCUT2D eigenvalue weighted by molar-refractivity contribution is 7.92. The fourth-order valence-corrected chi connectivity index (χ4v) is 6.89. The molecular formula is C36H37ClF3N5O5S. The van der Waals surface area contributed by atoms with Gasteiger partial charge in [-0.05, 0) is 61.0 Å². The third-order valence-electron chi connectivity index (χ3n) is 8.61. The normalized spacial score (nSPS) is 13.9. The highest BCUT2D eigenvalue weighted by atomic mass is 35.5. The van der Waals surface area contributed by atoms with Gasteiger partial charge in [0, 0.05) is 64.3 Å². The summed E-state index contributed by atoms with van der Waals surface area (Å²) in [4.78, 5) is 22.1. The molecule has 1 saturated heterocycles. The molecule has 1 fully saturated rings. The molecule has 1 aliphatic heterocycles. The van der Waals surface area contributed by atoms with Crippen LogP contribution < -0.4 is 13.8 Å². The monoisotopic (exact) mass is 743 g/mol. The Morgan fingerprint density at radius 3 is 2.20 bits per heavy atom. The van der Waals surface area contributed by atoms with E-state index in [1.54, 1.807) is 54.6 Å². The molecule has 5 aromatic rings. The molecule has 2 aromatic heterocycles. The molecule has 1 amide bonds. The van der Waals surface area contributed by atoms with E-state index in [4.69, 9.17) is 9.47 Å². The number of alkyl halides is 3. The van der Waals surface area contributed by atoms with Gasteiger partial charge in [0.05, 0.1) is 22.3 Å². The van der Waals surface area contributed by atoms with Gasteiger partial charge in [0.15, 0.2) is 6.61 Å². The van der Waals surface area contributed by atoms with Crippen LogP contribution in [0.4, 0.5) is 18.9 Å². The average Bonchev–Trinajstić information content (AvgIpc) is 3.43. The first-order valence-corrected chi connectivity index (χ1v) is 17.3. The van der Waals surface area contributed by atoms with E-state index >= 15 is 0 Å². The van der Waals surface area contributed by atoms with E-state index in [1.807, 2.05) is 41.6 Å². The summed E-state index contributed by atoms with van der Waals surface area (Å²) in [6, 6.07) is 23.8. The van der Waals surface area contributed by atoms with Crippen molar-refractivity contribution in [2.75, 3.05) is 44.1 Å². The molecule has 0 atom stereocenters. The molecule has 1 aliphatic rings. The fraction of sp³-hybridized carbons (Fsp3) is 0.278. The Morgan fingerprint density at radius 1 is 0.902 bits per heavy atom. The lowest BCUT2D eigenvalue weighted by atomic mass is 10.2. The number of aryl methyl sites for hydroxylation is 2. The van der Waals surface area contributed by atoms with Gasteiger partial charge < -0.3 is 18.9 Å². The van der Waals surface area contributed by atoms with Crippen LogP contribution in [0.2, 0.25) is 0 Å². The van der Waals surface area contributed by atoms with Crippen LogP contribution in [0.1, 0.15) is 21.6 Å². The van der Waals surface area contributed by atoms with E-state index in [2.05, 4.69) is 9.88 Å². The number of piperazine rings is 1. The minimum atomic E-state index is -4.39. The summed E-state index contributed by atoms with van der Waals surface area (Å²) < 4.78 is 77.1. The topological polar surface area (TPSA) is 97.2 Å². The lowest BCUT2D eigenvalue weighted by Gasteiger charge is -2.34. The SMILES string of the molecule is Cc1ccc(S(=O)(=O)N(C)c2ccc(Oc3ccc4cc(C(=O)N5CCN(Cc6ccc(OCC(F)(F)F)cc6)CC5)n(C)c4c3)nc2)cc1.Cl. The first kappa shape index (κ1) is 37.5. The number of carbonyl (C=O) groups is 1. The fourth-order valence-electron chi connectivity index (χ4n) is 5.71. The average molecular weight is 744 g/mol. The van der Waals surface area contributed by atoms with Gasteiger partial charge in [0.1, 0.15) is 17.2 Å². The number of hydrogen-bond donors (Lipinski definition) is 0. The molecule has 0 N–H and O–H groups in total. The predicted octanol–water partition coefficient (Wildman–Crippen LogP) is 6.82. The number of ether oxygens (including phenoxy) is 2. The Kier molecular flexibility index (Phi) is 11.2. The second-order valence-electron chi connectivity index (χ2n) is 12.2. The molecule has 0 spiro atoms. The van der Waals surface area contributed by atoms with Gasteiger partial charge in [0.2, 0.25) is 5.88 Å². The largest absolute Gasteiger partial charge is 0.484 e. The van der Waals surface area contributed by atoms with Crippen LogP contribution in [0.15, 0.2) is 96.0 Å². The molecule has 6 rings (SSSR count). The molecule has 3 heterocycles. The summed E-state index contributed by atoms with van der Waals surface area (Å²) in [5.41, 5.74) is 3.63. The van der Waals surface area contributed by atoms with Crippen molar-refractivity contribution in [3.8, 4) is 17.4 Å². The summed E-state index contributed by atoms with van der Waals surface area (Å²) in [5, 5.41) is 0.871. The minimum Gasteiger partial charge on any atom is -0.484 e. The Balaban J connectivity index is 0.00000504. The molecule has 3 aromatic carbocycles. The van der Waals surface area contributed by atoms with Crippen LogP contribution in [-0.4, -0.2) is 79.7 Å². The smallest absolute Gasteiger partial charge is 0.422 e. The third kappa shape index (κ3) is 8.75. The summed E-state index contributed by atoms with van der Waals surface area (Å²) in [6.07, 6.45) is -2.95. The lowest BCUT2D eigenvalue weighted by molar-refractivity contribution is -0.153. The number of aromatic nitrogens is 2. The number of rotatable bonds is 10. The maximum atomic E-state index is 13.6. The number of anilines is 1. The number of halogens is 4. The van der Waals surface area contributed by atoms with E-state index in [-0.39, 0.29) is 34.8 Å². The van der Waals surface area contributed by atoms with Crippen molar-refractivity contribution in [3.63, 3.8) is 0 Å². The third-order valence-corrected chi connectivity index (χ3v) is 10.4. The van der Waals surface area contributed by atoms with Crippen LogP contribution in [0.5, 0.6) is 17.4 Å². The molecular weight excluding hydrogens is 707 g/mol. The maximum Gasteiger partial charge on any atom is 0.422 e. The molecule has 0 radical (unpaired) electrons. The van der Waals surface area contributed by atoms with E-state index in [9.17, 15) is 26.4 Å². The van der Waals surface area contributed by atoms with Gasteiger partial charge in [-0.15, -0.1) is 12.4 Å². The number of carbonyl (C=O) groups excluding carboxylic acids is 1. The van der Waals surface area contributed by atoms with Crippen molar-refractivity contribution in [2.45, 2.75) is 24.5 Å². The number of fused-ring (bicyclic) bond motifs is 1. The zero-order valence-electron chi connectivity index (χ0n) is 28.1. The standard InChI is InChI=1S/C36H36F3N5O5S.ClH/c1-25-4-13-31(14-5-25)50(46,47)42(3)28-9-15-34(40-22-28)49-30-12-8-27-20-33(41(2)32(27)21-30)35(45)44-18-16-43(17-19-44)23-26-6-10-29(11-7-26)48-24-36(37,38)39;/h4-15,20-22H,16-19,23-24H2,1-3H3;1H. The molecule has 51 heavy (non-hydrogen) atoms. The van der Waals surface area contributed by atoms with Crippen LogP contribution >= 0.6 is 12.4 Å². The second-order valence-corrected chi connectivity index (χ2v) is 14.1.